The standard InChI is InChI=1S/C14H22N4O3/c1-11(10-17-8-4-3-5-9-17)15-14-12(18(19)20)6-7-13(16-14)21-2/h6-7,11H,3-5,8-10H2,1-2H3,(H,15,16). The molecule has 2 heterocycles. The maximum absolute atomic E-state index is 11.1. The van der Waals surface area contributed by atoms with Gasteiger partial charge in [-0.1, -0.05) is 6.42 Å². The molecule has 1 N–H and O–H groups in total. The van der Waals surface area contributed by atoms with Gasteiger partial charge in [0.15, 0.2) is 0 Å². The van der Waals surface area contributed by atoms with Crippen molar-refractivity contribution in [2.75, 3.05) is 32.1 Å². The maximum Gasteiger partial charge on any atom is 0.311 e. The van der Waals surface area contributed by atoms with Gasteiger partial charge in [0.2, 0.25) is 11.7 Å². The van der Waals surface area contributed by atoms with E-state index in [1.54, 1.807) is 0 Å². The molecule has 1 aliphatic heterocycles. The van der Waals surface area contributed by atoms with Crippen LogP contribution in [0.2, 0.25) is 0 Å². The molecule has 0 aromatic carbocycles. The Bertz CT molecular complexity index is 489. The minimum atomic E-state index is -0.428. The van der Waals surface area contributed by atoms with Crippen molar-refractivity contribution >= 4 is 11.5 Å². The van der Waals surface area contributed by atoms with Crippen LogP contribution in [0.4, 0.5) is 11.5 Å². The summed E-state index contributed by atoms with van der Waals surface area (Å²) in [6, 6.07) is 3.00. The number of nitro groups is 1. The number of aromatic nitrogens is 1. The average molecular weight is 294 g/mol. The normalized spacial score (nSPS) is 17.2. The second kappa shape index (κ2) is 7.21. The van der Waals surface area contributed by atoms with Crippen molar-refractivity contribution in [2.24, 2.45) is 0 Å². The van der Waals surface area contributed by atoms with Gasteiger partial charge in [-0.2, -0.15) is 4.98 Å². The molecule has 0 spiro atoms. The summed E-state index contributed by atoms with van der Waals surface area (Å²) in [5.41, 5.74) is -0.0266. The smallest absolute Gasteiger partial charge is 0.311 e. The number of ether oxygens (including phenoxy) is 1. The molecular weight excluding hydrogens is 272 g/mol. The molecule has 0 amide bonds. The molecule has 1 saturated heterocycles. The van der Waals surface area contributed by atoms with Crippen LogP contribution in [0.3, 0.4) is 0 Å². The Morgan fingerprint density at radius 1 is 1.43 bits per heavy atom. The van der Waals surface area contributed by atoms with E-state index in [-0.39, 0.29) is 17.5 Å². The topological polar surface area (TPSA) is 80.5 Å². The molecule has 21 heavy (non-hydrogen) atoms. The molecule has 7 nitrogen and oxygen atoms in total. The SMILES string of the molecule is COc1ccc([N+](=O)[O-])c(NC(C)CN2CCCCC2)n1. The Morgan fingerprint density at radius 2 is 2.14 bits per heavy atom. The van der Waals surface area contributed by atoms with Crippen LogP contribution in [0.25, 0.3) is 0 Å². The van der Waals surface area contributed by atoms with Gasteiger partial charge < -0.3 is 15.0 Å². The Morgan fingerprint density at radius 3 is 2.76 bits per heavy atom. The number of methoxy groups -OCH3 is 1. The number of rotatable bonds is 6. The molecule has 1 atom stereocenters. The molecule has 2 rings (SSSR count). The summed E-state index contributed by atoms with van der Waals surface area (Å²) >= 11 is 0. The average Bonchev–Trinajstić information content (AvgIpc) is 2.47. The van der Waals surface area contributed by atoms with Gasteiger partial charge >= 0.3 is 5.69 Å². The summed E-state index contributed by atoms with van der Waals surface area (Å²) < 4.78 is 5.04. The zero-order chi connectivity index (χ0) is 15.2. The summed E-state index contributed by atoms with van der Waals surface area (Å²) in [4.78, 5) is 17.2. The van der Waals surface area contributed by atoms with Crippen molar-refractivity contribution in [1.29, 1.82) is 0 Å². The van der Waals surface area contributed by atoms with E-state index in [1.165, 1.54) is 38.5 Å². The number of hydrogen-bond acceptors (Lipinski definition) is 6. The zero-order valence-electron chi connectivity index (χ0n) is 12.5. The van der Waals surface area contributed by atoms with Crippen molar-refractivity contribution < 1.29 is 9.66 Å². The van der Waals surface area contributed by atoms with E-state index >= 15 is 0 Å². The fraction of sp³-hybridized carbons (Fsp3) is 0.643. The summed E-state index contributed by atoms with van der Waals surface area (Å²) in [5.74, 6) is 0.636. The highest BCUT2D eigenvalue weighted by atomic mass is 16.6. The van der Waals surface area contributed by atoms with Gasteiger partial charge in [0.05, 0.1) is 12.0 Å². The summed E-state index contributed by atoms with van der Waals surface area (Å²) in [7, 11) is 1.50. The minimum absolute atomic E-state index is 0.0266. The third-order valence-corrected chi connectivity index (χ3v) is 3.62. The molecular formula is C14H22N4O3. The molecule has 116 valence electrons. The minimum Gasteiger partial charge on any atom is -0.481 e. The van der Waals surface area contributed by atoms with E-state index in [4.69, 9.17) is 4.74 Å². The lowest BCUT2D eigenvalue weighted by atomic mass is 10.1. The second-order valence-corrected chi connectivity index (χ2v) is 5.39. The molecule has 0 bridgehead atoms. The zero-order valence-corrected chi connectivity index (χ0v) is 12.5. The fourth-order valence-corrected chi connectivity index (χ4v) is 2.61. The molecule has 1 aromatic heterocycles. The van der Waals surface area contributed by atoms with E-state index in [9.17, 15) is 10.1 Å². The number of pyridine rings is 1. The van der Waals surface area contributed by atoms with Crippen molar-refractivity contribution in [2.45, 2.75) is 32.2 Å². The first-order valence-corrected chi connectivity index (χ1v) is 7.28. The molecule has 1 aliphatic rings. The molecule has 0 saturated carbocycles. The van der Waals surface area contributed by atoms with E-state index in [0.29, 0.717) is 5.88 Å². The lowest BCUT2D eigenvalue weighted by molar-refractivity contribution is -0.384. The van der Waals surface area contributed by atoms with Gasteiger partial charge in [0.25, 0.3) is 0 Å². The third-order valence-electron chi connectivity index (χ3n) is 3.62. The highest BCUT2D eigenvalue weighted by Crippen LogP contribution is 2.25. The maximum atomic E-state index is 11.1. The lowest BCUT2D eigenvalue weighted by Crippen LogP contribution is -2.38. The van der Waals surface area contributed by atoms with Crippen LogP contribution in [0, 0.1) is 10.1 Å². The molecule has 0 aliphatic carbocycles. The van der Waals surface area contributed by atoms with Crippen molar-refractivity contribution in [3.05, 3.63) is 22.2 Å². The molecule has 7 heteroatoms. The Balaban J connectivity index is 2.04. The van der Waals surface area contributed by atoms with Gasteiger partial charge in [-0.05, 0) is 32.9 Å². The number of nitrogens with zero attached hydrogens (tertiary/aromatic N) is 3. The van der Waals surface area contributed by atoms with E-state index in [1.807, 2.05) is 6.92 Å². The summed E-state index contributed by atoms with van der Waals surface area (Å²) in [6.45, 7) is 5.06. The van der Waals surface area contributed by atoms with Gasteiger partial charge in [-0.3, -0.25) is 10.1 Å². The summed E-state index contributed by atoms with van der Waals surface area (Å²) in [5, 5.41) is 14.2. The number of nitrogens with one attached hydrogen (secondary N) is 1. The largest absolute Gasteiger partial charge is 0.481 e. The van der Waals surface area contributed by atoms with Crippen LogP contribution >= 0.6 is 0 Å². The molecule has 1 fully saturated rings. The molecule has 1 unspecified atom stereocenters. The number of hydrogen-bond donors (Lipinski definition) is 1. The van der Waals surface area contributed by atoms with Crippen LogP contribution in [0.5, 0.6) is 5.88 Å². The summed E-state index contributed by atoms with van der Waals surface area (Å²) in [6.07, 6.45) is 3.75. The highest BCUT2D eigenvalue weighted by molar-refractivity contribution is 5.57. The predicted octanol–water partition coefficient (Wildman–Crippen LogP) is 2.28. The van der Waals surface area contributed by atoms with Crippen LogP contribution in [-0.4, -0.2) is 47.6 Å². The first kappa shape index (κ1) is 15.5. The number of anilines is 1. The van der Waals surface area contributed by atoms with E-state index < -0.39 is 4.92 Å². The van der Waals surface area contributed by atoms with Crippen LogP contribution in [-0.2, 0) is 0 Å². The van der Waals surface area contributed by atoms with Gasteiger partial charge in [0.1, 0.15) is 0 Å². The number of piperidine rings is 1. The van der Waals surface area contributed by atoms with Gasteiger partial charge in [0, 0.05) is 24.7 Å². The van der Waals surface area contributed by atoms with Crippen LogP contribution in [0.15, 0.2) is 12.1 Å². The lowest BCUT2D eigenvalue weighted by Gasteiger charge is -2.29. The van der Waals surface area contributed by atoms with Crippen molar-refractivity contribution in [3.8, 4) is 5.88 Å². The van der Waals surface area contributed by atoms with Crippen LogP contribution < -0.4 is 10.1 Å². The predicted molar refractivity (Wildman–Crippen MR) is 80.8 cm³/mol. The fourth-order valence-electron chi connectivity index (χ4n) is 2.61. The van der Waals surface area contributed by atoms with Gasteiger partial charge in [-0.25, -0.2) is 0 Å². The third kappa shape index (κ3) is 4.29. The second-order valence-electron chi connectivity index (χ2n) is 5.39. The molecule has 0 radical (unpaired) electrons. The highest BCUT2D eigenvalue weighted by Gasteiger charge is 2.20. The van der Waals surface area contributed by atoms with Gasteiger partial charge in [-0.15, -0.1) is 0 Å². The van der Waals surface area contributed by atoms with Crippen molar-refractivity contribution in [1.82, 2.24) is 9.88 Å². The molecule has 1 aromatic rings. The monoisotopic (exact) mass is 294 g/mol. The first-order chi connectivity index (χ1) is 10.1. The quantitative estimate of drug-likeness (QED) is 0.640. The Hall–Kier alpha value is -1.89. The van der Waals surface area contributed by atoms with Crippen molar-refractivity contribution in [3.63, 3.8) is 0 Å². The Kier molecular flexibility index (Phi) is 5.32. The number of likely N-dealkylation sites (tertiary alicyclic amines) is 1. The van der Waals surface area contributed by atoms with Crippen LogP contribution in [0.1, 0.15) is 26.2 Å². The van der Waals surface area contributed by atoms with E-state index in [0.717, 1.165) is 19.6 Å². The first-order valence-electron chi connectivity index (χ1n) is 7.28. The Labute approximate surface area is 124 Å². The van der Waals surface area contributed by atoms with E-state index in [2.05, 4.69) is 15.2 Å².